The second-order valence-electron chi connectivity index (χ2n) is 4.34. The van der Waals surface area contributed by atoms with Gasteiger partial charge in [0.1, 0.15) is 5.02 Å². The number of hydrogen-bond acceptors (Lipinski definition) is 3. The van der Waals surface area contributed by atoms with Crippen molar-refractivity contribution in [3.8, 4) is 11.6 Å². The van der Waals surface area contributed by atoms with Gasteiger partial charge in [0.05, 0.1) is 11.3 Å². The van der Waals surface area contributed by atoms with Crippen LogP contribution in [-0.2, 0) is 12.6 Å². The van der Waals surface area contributed by atoms with Gasteiger partial charge in [0.15, 0.2) is 5.75 Å². The van der Waals surface area contributed by atoms with Crippen molar-refractivity contribution in [2.24, 2.45) is 0 Å². The summed E-state index contributed by atoms with van der Waals surface area (Å²) in [6, 6.07) is 5.93. The predicted octanol–water partition coefficient (Wildman–Crippen LogP) is 4.69. The minimum atomic E-state index is -4.50. The SMILES string of the molecule is CCc1ccc(Oc2ncc(C(F)(F)F)cc2Cl)c(N)c1. The van der Waals surface area contributed by atoms with Gasteiger partial charge in [-0.3, -0.25) is 0 Å². The smallest absolute Gasteiger partial charge is 0.417 e. The number of aryl methyl sites for hydroxylation is 1. The third kappa shape index (κ3) is 3.58. The molecule has 0 radical (unpaired) electrons. The normalized spacial score (nSPS) is 11.5. The van der Waals surface area contributed by atoms with Gasteiger partial charge in [-0.25, -0.2) is 4.98 Å². The van der Waals surface area contributed by atoms with Gasteiger partial charge in [-0.15, -0.1) is 0 Å². The molecule has 0 fully saturated rings. The lowest BCUT2D eigenvalue weighted by Gasteiger charge is -2.12. The van der Waals surface area contributed by atoms with Crippen molar-refractivity contribution in [1.29, 1.82) is 0 Å². The maximum atomic E-state index is 12.5. The molecule has 0 bridgehead atoms. The summed E-state index contributed by atoms with van der Waals surface area (Å²) in [7, 11) is 0. The van der Waals surface area contributed by atoms with Crippen LogP contribution in [0, 0.1) is 0 Å². The van der Waals surface area contributed by atoms with Crippen molar-refractivity contribution in [3.63, 3.8) is 0 Å². The van der Waals surface area contributed by atoms with E-state index in [2.05, 4.69) is 4.98 Å². The summed E-state index contributed by atoms with van der Waals surface area (Å²) >= 11 is 5.77. The number of rotatable bonds is 3. The Bertz CT molecular complexity index is 659. The topological polar surface area (TPSA) is 48.1 Å². The number of aromatic nitrogens is 1. The maximum Gasteiger partial charge on any atom is 0.417 e. The minimum absolute atomic E-state index is 0.124. The van der Waals surface area contributed by atoms with E-state index >= 15 is 0 Å². The van der Waals surface area contributed by atoms with Crippen molar-refractivity contribution in [1.82, 2.24) is 4.98 Å². The van der Waals surface area contributed by atoms with Gasteiger partial charge < -0.3 is 10.5 Å². The molecular formula is C14H12ClF3N2O. The first-order valence-electron chi connectivity index (χ1n) is 6.10. The van der Waals surface area contributed by atoms with Crippen LogP contribution in [0.2, 0.25) is 5.02 Å². The van der Waals surface area contributed by atoms with Gasteiger partial charge in [0, 0.05) is 6.20 Å². The van der Waals surface area contributed by atoms with Crippen LogP contribution in [0.1, 0.15) is 18.1 Å². The summed E-state index contributed by atoms with van der Waals surface area (Å²) < 4.78 is 42.9. The first-order valence-corrected chi connectivity index (χ1v) is 6.48. The number of benzene rings is 1. The summed E-state index contributed by atoms with van der Waals surface area (Å²) in [6.45, 7) is 1.98. The van der Waals surface area contributed by atoms with E-state index in [4.69, 9.17) is 22.1 Å². The molecule has 0 unspecified atom stereocenters. The molecule has 0 spiro atoms. The monoisotopic (exact) mass is 316 g/mol. The highest BCUT2D eigenvalue weighted by Gasteiger charge is 2.31. The fourth-order valence-corrected chi connectivity index (χ4v) is 1.88. The van der Waals surface area contributed by atoms with Crippen molar-refractivity contribution >= 4 is 17.3 Å². The Balaban J connectivity index is 2.28. The molecule has 2 rings (SSSR count). The molecule has 1 aromatic heterocycles. The van der Waals surface area contributed by atoms with Crippen LogP contribution in [0.3, 0.4) is 0 Å². The molecule has 0 saturated heterocycles. The molecule has 2 aromatic rings. The quantitative estimate of drug-likeness (QED) is 0.836. The van der Waals surface area contributed by atoms with E-state index in [9.17, 15) is 13.2 Å². The molecule has 0 aliphatic carbocycles. The van der Waals surface area contributed by atoms with Crippen LogP contribution >= 0.6 is 11.6 Å². The summed E-state index contributed by atoms with van der Waals surface area (Å²) in [5, 5.41) is -0.233. The third-order valence-corrected chi connectivity index (χ3v) is 3.09. The van der Waals surface area contributed by atoms with Gasteiger partial charge in [-0.2, -0.15) is 13.2 Å². The molecule has 1 aromatic carbocycles. The number of hydrogen-bond donors (Lipinski definition) is 1. The summed E-state index contributed by atoms with van der Waals surface area (Å²) in [6.07, 6.45) is -3.03. The minimum Gasteiger partial charge on any atom is -0.435 e. The number of ether oxygens (including phenoxy) is 1. The number of nitrogens with two attached hydrogens (primary N) is 1. The van der Waals surface area contributed by atoms with Crippen molar-refractivity contribution in [2.45, 2.75) is 19.5 Å². The van der Waals surface area contributed by atoms with E-state index in [0.29, 0.717) is 17.6 Å². The van der Waals surface area contributed by atoms with Crippen molar-refractivity contribution in [2.75, 3.05) is 5.73 Å². The lowest BCUT2D eigenvalue weighted by atomic mass is 10.1. The molecule has 0 aliphatic rings. The first kappa shape index (κ1) is 15.4. The van der Waals surface area contributed by atoms with E-state index in [1.165, 1.54) is 0 Å². The summed E-state index contributed by atoms with van der Waals surface area (Å²) in [5.41, 5.74) is 6.27. The average Bonchev–Trinajstić information content (AvgIpc) is 2.41. The van der Waals surface area contributed by atoms with E-state index in [0.717, 1.165) is 18.1 Å². The van der Waals surface area contributed by atoms with Crippen LogP contribution in [0.5, 0.6) is 11.6 Å². The predicted molar refractivity (Wildman–Crippen MR) is 74.6 cm³/mol. The molecular weight excluding hydrogens is 305 g/mol. The molecule has 0 aliphatic heterocycles. The lowest BCUT2D eigenvalue weighted by Crippen LogP contribution is -2.06. The van der Waals surface area contributed by atoms with Crippen LogP contribution in [0.4, 0.5) is 18.9 Å². The van der Waals surface area contributed by atoms with Gasteiger partial charge in [0.2, 0.25) is 5.88 Å². The van der Waals surface area contributed by atoms with Crippen LogP contribution < -0.4 is 10.5 Å². The third-order valence-electron chi connectivity index (χ3n) is 2.82. The Morgan fingerprint density at radius 1 is 1.29 bits per heavy atom. The first-order chi connectivity index (χ1) is 9.81. The Morgan fingerprint density at radius 3 is 2.52 bits per heavy atom. The van der Waals surface area contributed by atoms with E-state index in [-0.39, 0.29) is 10.9 Å². The molecule has 2 N–H and O–H groups in total. The molecule has 7 heteroatoms. The summed E-state index contributed by atoms with van der Waals surface area (Å²) in [5.74, 6) is 0.168. The summed E-state index contributed by atoms with van der Waals surface area (Å²) in [4.78, 5) is 3.59. The van der Waals surface area contributed by atoms with Gasteiger partial charge in [0.25, 0.3) is 0 Å². The highest BCUT2D eigenvalue weighted by Crippen LogP contribution is 2.35. The maximum absolute atomic E-state index is 12.5. The molecule has 0 amide bonds. The Kier molecular flexibility index (Phi) is 4.27. The number of halogens is 4. The van der Waals surface area contributed by atoms with Gasteiger partial charge >= 0.3 is 6.18 Å². The van der Waals surface area contributed by atoms with Crippen molar-refractivity contribution < 1.29 is 17.9 Å². The second-order valence-corrected chi connectivity index (χ2v) is 4.74. The van der Waals surface area contributed by atoms with Gasteiger partial charge in [-0.1, -0.05) is 24.6 Å². The molecule has 1 heterocycles. The number of pyridine rings is 1. The number of alkyl halides is 3. The van der Waals surface area contributed by atoms with Crippen LogP contribution in [-0.4, -0.2) is 4.98 Å². The number of nitrogens with zero attached hydrogens (tertiary/aromatic N) is 1. The average molecular weight is 317 g/mol. The molecule has 21 heavy (non-hydrogen) atoms. The zero-order valence-electron chi connectivity index (χ0n) is 11.0. The Hall–Kier alpha value is -1.95. The number of anilines is 1. The largest absolute Gasteiger partial charge is 0.435 e. The lowest BCUT2D eigenvalue weighted by molar-refractivity contribution is -0.137. The van der Waals surface area contributed by atoms with Gasteiger partial charge in [-0.05, 0) is 30.2 Å². The zero-order valence-corrected chi connectivity index (χ0v) is 11.8. The molecule has 112 valence electrons. The van der Waals surface area contributed by atoms with Crippen molar-refractivity contribution in [3.05, 3.63) is 46.6 Å². The molecule has 3 nitrogen and oxygen atoms in total. The number of nitrogen functional groups attached to an aromatic ring is 1. The fraction of sp³-hybridized carbons (Fsp3) is 0.214. The second kappa shape index (κ2) is 5.81. The van der Waals surface area contributed by atoms with E-state index < -0.39 is 11.7 Å². The highest BCUT2D eigenvalue weighted by atomic mass is 35.5. The standard InChI is InChI=1S/C14H12ClF3N2O/c1-2-8-3-4-12(11(19)5-8)21-13-10(15)6-9(7-20-13)14(16,17)18/h3-7H,2,19H2,1H3. The zero-order chi connectivity index (χ0) is 15.6. The Morgan fingerprint density at radius 2 is 2.00 bits per heavy atom. The molecule has 0 saturated carbocycles. The fourth-order valence-electron chi connectivity index (χ4n) is 1.67. The molecule has 0 atom stereocenters. The van der Waals surface area contributed by atoms with Crippen LogP contribution in [0.15, 0.2) is 30.5 Å². The highest BCUT2D eigenvalue weighted by molar-refractivity contribution is 6.31. The van der Waals surface area contributed by atoms with E-state index in [1.807, 2.05) is 13.0 Å². The van der Waals surface area contributed by atoms with E-state index in [1.54, 1.807) is 12.1 Å². The Labute approximate surface area is 124 Å². The van der Waals surface area contributed by atoms with Crippen LogP contribution in [0.25, 0.3) is 0 Å².